The molecule has 102 valence electrons. The fourth-order valence-corrected chi connectivity index (χ4v) is 1.79. The van der Waals surface area contributed by atoms with Gasteiger partial charge in [0.15, 0.2) is 0 Å². The van der Waals surface area contributed by atoms with E-state index < -0.39 is 6.09 Å². The summed E-state index contributed by atoms with van der Waals surface area (Å²) < 4.78 is 10.6. The van der Waals surface area contributed by atoms with Crippen molar-refractivity contribution in [2.75, 3.05) is 20.3 Å². The van der Waals surface area contributed by atoms with Gasteiger partial charge >= 0.3 is 6.09 Å². The molecule has 1 aromatic heterocycles. The number of amides is 1. The SMILES string of the molecule is CC(c1cc2ccccc2o1)N(C)C(=O)OCCO. The molecule has 1 atom stereocenters. The van der Waals surface area contributed by atoms with Gasteiger partial charge in [-0.05, 0) is 19.1 Å². The number of fused-ring (bicyclic) bond motifs is 1. The molecule has 0 bridgehead atoms. The monoisotopic (exact) mass is 263 g/mol. The summed E-state index contributed by atoms with van der Waals surface area (Å²) in [6.07, 6.45) is -0.484. The van der Waals surface area contributed by atoms with Gasteiger partial charge in [0.2, 0.25) is 0 Å². The number of rotatable bonds is 4. The third kappa shape index (κ3) is 2.88. The van der Waals surface area contributed by atoms with E-state index in [4.69, 9.17) is 14.3 Å². The molecule has 1 amide bonds. The second-order valence-electron chi connectivity index (χ2n) is 4.31. The van der Waals surface area contributed by atoms with E-state index in [1.165, 1.54) is 4.90 Å². The molecule has 1 heterocycles. The number of hydrogen-bond donors (Lipinski definition) is 1. The van der Waals surface area contributed by atoms with Crippen LogP contribution < -0.4 is 0 Å². The lowest BCUT2D eigenvalue weighted by atomic mass is 10.2. The van der Waals surface area contributed by atoms with Crippen LogP contribution in [-0.4, -0.2) is 36.4 Å². The van der Waals surface area contributed by atoms with Crippen LogP contribution in [0, 0.1) is 0 Å². The number of ether oxygens (including phenoxy) is 1. The summed E-state index contributed by atoms with van der Waals surface area (Å²) in [6, 6.07) is 9.36. The fourth-order valence-electron chi connectivity index (χ4n) is 1.79. The molecule has 0 radical (unpaired) electrons. The van der Waals surface area contributed by atoms with E-state index in [2.05, 4.69) is 0 Å². The van der Waals surface area contributed by atoms with E-state index in [0.29, 0.717) is 5.76 Å². The molecule has 1 N–H and O–H groups in total. The van der Waals surface area contributed by atoms with Crippen molar-refractivity contribution in [1.29, 1.82) is 0 Å². The summed E-state index contributed by atoms with van der Waals surface area (Å²) >= 11 is 0. The molecule has 2 aromatic rings. The third-order valence-electron chi connectivity index (χ3n) is 3.04. The Morgan fingerprint density at radius 1 is 1.47 bits per heavy atom. The Bertz CT molecular complexity index is 530. The maximum absolute atomic E-state index is 11.7. The highest BCUT2D eigenvalue weighted by Crippen LogP contribution is 2.26. The first-order chi connectivity index (χ1) is 9.13. The summed E-state index contributed by atoms with van der Waals surface area (Å²) in [5.41, 5.74) is 0.793. The Kier molecular flexibility index (Phi) is 4.06. The lowest BCUT2D eigenvalue weighted by Gasteiger charge is -2.22. The van der Waals surface area contributed by atoms with Gasteiger partial charge in [-0.2, -0.15) is 0 Å². The van der Waals surface area contributed by atoms with E-state index in [9.17, 15) is 4.79 Å². The number of furan rings is 1. The Labute approximate surface area is 111 Å². The van der Waals surface area contributed by atoms with Gasteiger partial charge in [0, 0.05) is 12.4 Å². The first-order valence-electron chi connectivity index (χ1n) is 6.12. The molecule has 5 nitrogen and oxygen atoms in total. The van der Waals surface area contributed by atoms with Gasteiger partial charge in [0.1, 0.15) is 18.0 Å². The van der Waals surface area contributed by atoms with Crippen molar-refractivity contribution in [3.05, 3.63) is 36.1 Å². The van der Waals surface area contributed by atoms with Crippen LogP contribution in [0.1, 0.15) is 18.7 Å². The quantitative estimate of drug-likeness (QED) is 0.920. The number of carbonyl (C=O) groups is 1. The number of hydrogen-bond acceptors (Lipinski definition) is 4. The van der Waals surface area contributed by atoms with E-state index in [1.54, 1.807) is 7.05 Å². The van der Waals surface area contributed by atoms with E-state index >= 15 is 0 Å². The minimum absolute atomic E-state index is 0.00394. The average molecular weight is 263 g/mol. The van der Waals surface area contributed by atoms with Crippen molar-refractivity contribution in [3.8, 4) is 0 Å². The van der Waals surface area contributed by atoms with Crippen molar-refractivity contribution >= 4 is 17.1 Å². The van der Waals surface area contributed by atoms with Crippen LogP contribution in [0.25, 0.3) is 11.0 Å². The summed E-state index contributed by atoms with van der Waals surface area (Å²) in [7, 11) is 1.64. The summed E-state index contributed by atoms with van der Waals surface area (Å²) in [5.74, 6) is 0.699. The first kappa shape index (κ1) is 13.4. The number of benzene rings is 1. The molecule has 0 fully saturated rings. The van der Waals surface area contributed by atoms with Gasteiger partial charge < -0.3 is 19.2 Å². The maximum Gasteiger partial charge on any atom is 0.410 e. The highest BCUT2D eigenvalue weighted by molar-refractivity contribution is 5.78. The second kappa shape index (κ2) is 5.75. The van der Waals surface area contributed by atoms with Crippen molar-refractivity contribution in [2.24, 2.45) is 0 Å². The number of nitrogens with zero attached hydrogens (tertiary/aromatic N) is 1. The van der Waals surface area contributed by atoms with Crippen LogP contribution >= 0.6 is 0 Å². The largest absolute Gasteiger partial charge is 0.459 e. The molecule has 1 aromatic carbocycles. The predicted molar refractivity (Wildman–Crippen MR) is 70.8 cm³/mol. The summed E-state index contributed by atoms with van der Waals surface area (Å²) in [6.45, 7) is 1.67. The van der Waals surface area contributed by atoms with Crippen LogP contribution in [0.2, 0.25) is 0 Å². The molecule has 0 aliphatic rings. The molecule has 0 aliphatic carbocycles. The third-order valence-corrected chi connectivity index (χ3v) is 3.04. The first-order valence-corrected chi connectivity index (χ1v) is 6.12. The molecule has 2 rings (SSSR count). The van der Waals surface area contributed by atoms with Crippen LogP contribution in [-0.2, 0) is 4.74 Å². The van der Waals surface area contributed by atoms with Gasteiger partial charge in [-0.3, -0.25) is 0 Å². The zero-order valence-corrected chi connectivity index (χ0v) is 11.0. The molecule has 19 heavy (non-hydrogen) atoms. The number of carbonyl (C=O) groups excluding carboxylic acids is 1. The van der Waals surface area contributed by atoms with Crippen LogP contribution in [0.5, 0.6) is 0 Å². The minimum Gasteiger partial charge on any atom is -0.459 e. The molecule has 5 heteroatoms. The summed E-state index contributed by atoms with van der Waals surface area (Å²) in [4.78, 5) is 13.1. The highest BCUT2D eigenvalue weighted by atomic mass is 16.6. The second-order valence-corrected chi connectivity index (χ2v) is 4.31. The van der Waals surface area contributed by atoms with E-state index in [1.807, 2.05) is 37.3 Å². The molecule has 0 aliphatic heterocycles. The van der Waals surface area contributed by atoms with Gasteiger partial charge in [-0.15, -0.1) is 0 Å². The molecule has 1 unspecified atom stereocenters. The van der Waals surface area contributed by atoms with E-state index in [-0.39, 0.29) is 19.3 Å². The van der Waals surface area contributed by atoms with Crippen molar-refractivity contribution in [3.63, 3.8) is 0 Å². The molecule has 0 saturated heterocycles. The molecular weight excluding hydrogens is 246 g/mol. The zero-order valence-electron chi connectivity index (χ0n) is 11.0. The topological polar surface area (TPSA) is 62.9 Å². The summed E-state index contributed by atoms with van der Waals surface area (Å²) in [5, 5.41) is 9.63. The van der Waals surface area contributed by atoms with Gasteiger partial charge in [0.05, 0.1) is 12.6 Å². The molecule has 0 saturated carbocycles. The lowest BCUT2D eigenvalue weighted by molar-refractivity contribution is 0.0793. The highest BCUT2D eigenvalue weighted by Gasteiger charge is 2.21. The van der Waals surface area contributed by atoms with Crippen molar-refractivity contribution in [1.82, 2.24) is 4.90 Å². The van der Waals surface area contributed by atoms with Gasteiger partial charge in [-0.1, -0.05) is 18.2 Å². The normalized spacial score (nSPS) is 12.4. The van der Waals surface area contributed by atoms with Crippen LogP contribution in [0.3, 0.4) is 0 Å². The zero-order chi connectivity index (χ0) is 13.8. The number of para-hydroxylation sites is 1. The Hall–Kier alpha value is -2.01. The molecular formula is C14H17NO4. The van der Waals surface area contributed by atoms with Crippen LogP contribution in [0.15, 0.2) is 34.7 Å². The Morgan fingerprint density at radius 3 is 2.89 bits per heavy atom. The van der Waals surface area contributed by atoms with E-state index in [0.717, 1.165) is 11.0 Å². The molecule has 0 spiro atoms. The van der Waals surface area contributed by atoms with Crippen LogP contribution in [0.4, 0.5) is 4.79 Å². The lowest BCUT2D eigenvalue weighted by Crippen LogP contribution is -2.30. The maximum atomic E-state index is 11.7. The van der Waals surface area contributed by atoms with Crippen molar-refractivity contribution in [2.45, 2.75) is 13.0 Å². The minimum atomic E-state index is -0.484. The Morgan fingerprint density at radius 2 is 2.21 bits per heavy atom. The van der Waals surface area contributed by atoms with Gasteiger partial charge in [-0.25, -0.2) is 4.79 Å². The number of aliphatic hydroxyl groups excluding tert-OH is 1. The Balaban J connectivity index is 2.14. The number of aliphatic hydroxyl groups is 1. The predicted octanol–water partition coefficient (Wildman–Crippen LogP) is 2.55. The average Bonchev–Trinajstić information content (AvgIpc) is 2.86. The fraction of sp³-hybridized carbons (Fsp3) is 0.357. The van der Waals surface area contributed by atoms with Crippen molar-refractivity contribution < 1.29 is 19.1 Å². The van der Waals surface area contributed by atoms with Gasteiger partial charge in [0.25, 0.3) is 0 Å². The standard InChI is InChI=1S/C14H17NO4/c1-10(15(2)14(17)18-8-7-16)13-9-11-5-3-4-6-12(11)19-13/h3-6,9-10,16H,7-8H2,1-2H3. The smallest absolute Gasteiger partial charge is 0.410 e.